The number of nitrogens with one attached hydrogen (secondary N) is 1. The average Bonchev–Trinajstić information content (AvgIpc) is 3.22. The van der Waals surface area contributed by atoms with Gasteiger partial charge in [-0.3, -0.25) is 0 Å². The molecule has 3 aromatic rings. The van der Waals surface area contributed by atoms with Crippen LogP contribution in [-0.2, 0) is 0 Å². The number of ether oxygens (including phenoxy) is 2. The van der Waals surface area contributed by atoms with Crippen molar-refractivity contribution in [3.8, 4) is 22.9 Å². The van der Waals surface area contributed by atoms with Crippen molar-refractivity contribution in [2.45, 2.75) is 0 Å². The Hall–Kier alpha value is -2.45. The topological polar surface area (TPSA) is 64.4 Å². The zero-order valence-electron chi connectivity index (χ0n) is 12.5. The summed E-state index contributed by atoms with van der Waals surface area (Å²) in [7, 11) is 3.19. The maximum atomic E-state index is 5.33. The number of H-pyrrole nitrogens is 1. The van der Waals surface area contributed by atoms with Gasteiger partial charge >= 0.3 is 0 Å². The average molecular weight is 346 g/mol. The summed E-state index contributed by atoms with van der Waals surface area (Å²) in [6.45, 7) is 0. The fraction of sp³-hybridized carbons (Fsp3) is 0.133. The van der Waals surface area contributed by atoms with Crippen LogP contribution in [0, 0.1) is 4.77 Å². The number of rotatable bonds is 5. The Balaban J connectivity index is 2.03. The van der Waals surface area contributed by atoms with Crippen LogP contribution in [0.1, 0.15) is 5.56 Å². The number of benzene rings is 1. The van der Waals surface area contributed by atoms with Gasteiger partial charge in [0.2, 0.25) is 4.77 Å². The van der Waals surface area contributed by atoms with Crippen LogP contribution in [-0.4, -0.2) is 35.3 Å². The predicted octanol–water partition coefficient (Wildman–Crippen LogP) is 3.57. The van der Waals surface area contributed by atoms with Crippen LogP contribution in [0.4, 0.5) is 0 Å². The summed E-state index contributed by atoms with van der Waals surface area (Å²) in [4.78, 5) is 0. The number of aromatic amines is 1. The highest BCUT2D eigenvalue weighted by Crippen LogP contribution is 2.31. The lowest BCUT2D eigenvalue weighted by Gasteiger charge is -2.09. The first-order valence-corrected chi connectivity index (χ1v) is 8.04. The van der Waals surface area contributed by atoms with Gasteiger partial charge in [-0.25, -0.2) is 5.10 Å². The maximum absolute atomic E-state index is 5.33. The molecule has 0 atom stereocenters. The normalized spacial score (nSPS) is 11.0. The second kappa shape index (κ2) is 6.76. The molecule has 1 aromatic carbocycles. The first-order chi connectivity index (χ1) is 11.2. The molecule has 0 aliphatic carbocycles. The van der Waals surface area contributed by atoms with E-state index in [9.17, 15) is 0 Å². The Morgan fingerprint density at radius 1 is 1.26 bits per heavy atom. The van der Waals surface area contributed by atoms with E-state index in [1.807, 2.05) is 35.0 Å². The molecule has 2 heterocycles. The summed E-state index contributed by atoms with van der Waals surface area (Å²) in [6, 6.07) is 7.51. The molecule has 0 aliphatic rings. The molecule has 2 aromatic heterocycles. The minimum absolute atomic E-state index is 0.418. The van der Waals surface area contributed by atoms with E-state index in [2.05, 4.69) is 15.3 Å². The lowest BCUT2D eigenvalue weighted by atomic mass is 10.2. The zero-order valence-corrected chi connectivity index (χ0v) is 14.1. The van der Waals surface area contributed by atoms with E-state index in [-0.39, 0.29) is 0 Å². The van der Waals surface area contributed by atoms with E-state index in [1.54, 1.807) is 36.4 Å². The van der Waals surface area contributed by atoms with Crippen LogP contribution < -0.4 is 9.47 Å². The van der Waals surface area contributed by atoms with E-state index in [4.69, 9.17) is 21.7 Å². The monoisotopic (exact) mass is 346 g/mol. The number of methoxy groups -OCH3 is 2. The molecular formula is C15H14N4O2S2. The molecule has 0 radical (unpaired) electrons. The Kier molecular flexibility index (Phi) is 4.54. The second-order valence-electron chi connectivity index (χ2n) is 4.54. The zero-order chi connectivity index (χ0) is 16.2. The number of aromatic nitrogens is 3. The van der Waals surface area contributed by atoms with Crippen LogP contribution >= 0.6 is 23.6 Å². The highest BCUT2D eigenvalue weighted by Gasteiger charge is 2.12. The van der Waals surface area contributed by atoms with E-state index >= 15 is 0 Å². The van der Waals surface area contributed by atoms with Gasteiger partial charge in [-0.15, -0.1) is 0 Å². The Labute approximate surface area is 142 Å². The van der Waals surface area contributed by atoms with E-state index in [0.29, 0.717) is 22.1 Å². The molecular weight excluding hydrogens is 332 g/mol. The molecule has 0 aliphatic heterocycles. The summed E-state index contributed by atoms with van der Waals surface area (Å²) in [5.41, 5.74) is 1.83. The molecule has 23 heavy (non-hydrogen) atoms. The fourth-order valence-electron chi connectivity index (χ4n) is 2.03. The third-order valence-corrected chi connectivity index (χ3v) is 4.12. The van der Waals surface area contributed by atoms with E-state index in [0.717, 1.165) is 11.1 Å². The number of thiophene rings is 1. The van der Waals surface area contributed by atoms with Gasteiger partial charge in [0.1, 0.15) is 0 Å². The Morgan fingerprint density at radius 2 is 2.09 bits per heavy atom. The molecule has 0 saturated carbocycles. The predicted molar refractivity (Wildman–Crippen MR) is 93.3 cm³/mol. The smallest absolute Gasteiger partial charge is 0.216 e. The summed E-state index contributed by atoms with van der Waals surface area (Å²) in [6.07, 6.45) is 1.74. The quantitative estimate of drug-likeness (QED) is 0.567. The van der Waals surface area contributed by atoms with Gasteiger partial charge in [0.25, 0.3) is 0 Å². The van der Waals surface area contributed by atoms with Crippen molar-refractivity contribution < 1.29 is 9.47 Å². The molecule has 0 saturated heterocycles. The van der Waals surface area contributed by atoms with Crippen molar-refractivity contribution in [1.29, 1.82) is 0 Å². The van der Waals surface area contributed by atoms with Crippen LogP contribution in [0.3, 0.4) is 0 Å². The Morgan fingerprint density at radius 3 is 2.78 bits per heavy atom. The molecule has 0 bridgehead atoms. The van der Waals surface area contributed by atoms with Crippen LogP contribution in [0.15, 0.2) is 40.1 Å². The molecule has 6 nitrogen and oxygen atoms in total. The van der Waals surface area contributed by atoms with Crippen molar-refractivity contribution >= 4 is 29.8 Å². The van der Waals surface area contributed by atoms with Gasteiger partial charge < -0.3 is 9.47 Å². The Bertz CT molecular complexity index is 881. The van der Waals surface area contributed by atoms with Gasteiger partial charge in [-0.1, -0.05) is 0 Å². The van der Waals surface area contributed by atoms with E-state index in [1.165, 1.54) is 0 Å². The summed E-state index contributed by atoms with van der Waals surface area (Å²) in [5.74, 6) is 1.87. The van der Waals surface area contributed by atoms with Gasteiger partial charge in [-0.2, -0.15) is 26.2 Å². The SMILES string of the molecule is COc1ccc(-c2n[nH]c(=S)n2/N=C\c2ccsc2)cc1OC. The minimum atomic E-state index is 0.418. The standard InChI is InChI=1S/C15H14N4O2S2/c1-20-12-4-3-11(7-13(12)21-2)14-17-18-15(22)19(14)16-8-10-5-6-23-9-10/h3-9H,1-2H3,(H,18,22)/b16-8-. The number of hydrogen-bond donors (Lipinski definition) is 1. The maximum Gasteiger partial charge on any atom is 0.216 e. The lowest BCUT2D eigenvalue weighted by molar-refractivity contribution is 0.355. The molecule has 3 rings (SSSR count). The van der Waals surface area contributed by atoms with Crippen molar-refractivity contribution in [3.63, 3.8) is 0 Å². The van der Waals surface area contributed by atoms with Crippen molar-refractivity contribution in [2.75, 3.05) is 14.2 Å². The van der Waals surface area contributed by atoms with Crippen molar-refractivity contribution in [2.24, 2.45) is 5.10 Å². The largest absolute Gasteiger partial charge is 0.493 e. The minimum Gasteiger partial charge on any atom is -0.493 e. The molecule has 0 fully saturated rings. The van der Waals surface area contributed by atoms with Crippen LogP contribution in [0.25, 0.3) is 11.4 Å². The molecule has 0 amide bonds. The first-order valence-electron chi connectivity index (χ1n) is 6.69. The van der Waals surface area contributed by atoms with Crippen LogP contribution in [0.2, 0.25) is 0 Å². The summed E-state index contributed by atoms with van der Waals surface area (Å²) >= 11 is 6.87. The van der Waals surface area contributed by atoms with Crippen molar-refractivity contribution in [1.82, 2.24) is 14.9 Å². The number of hydrogen-bond acceptors (Lipinski definition) is 6. The van der Waals surface area contributed by atoms with Gasteiger partial charge in [0.15, 0.2) is 17.3 Å². The molecule has 118 valence electrons. The van der Waals surface area contributed by atoms with Crippen molar-refractivity contribution in [3.05, 3.63) is 45.4 Å². The fourth-order valence-corrected chi connectivity index (χ4v) is 2.82. The summed E-state index contributed by atoms with van der Waals surface area (Å²) in [5, 5.41) is 15.4. The third-order valence-electron chi connectivity index (χ3n) is 3.16. The van der Waals surface area contributed by atoms with Gasteiger partial charge in [-0.05, 0) is 47.2 Å². The van der Waals surface area contributed by atoms with Gasteiger partial charge in [0.05, 0.1) is 20.4 Å². The highest BCUT2D eigenvalue weighted by molar-refractivity contribution is 7.71. The molecule has 8 heteroatoms. The first kappa shape index (κ1) is 15.4. The molecule has 1 N–H and O–H groups in total. The second-order valence-corrected chi connectivity index (χ2v) is 5.70. The third kappa shape index (κ3) is 3.17. The van der Waals surface area contributed by atoms with Gasteiger partial charge in [0, 0.05) is 11.1 Å². The highest BCUT2D eigenvalue weighted by atomic mass is 32.1. The lowest BCUT2D eigenvalue weighted by Crippen LogP contribution is -1.96. The van der Waals surface area contributed by atoms with Crippen LogP contribution in [0.5, 0.6) is 11.5 Å². The molecule has 0 spiro atoms. The molecule has 0 unspecified atom stereocenters. The summed E-state index contributed by atoms with van der Waals surface area (Å²) < 4.78 is 12.6. The van der Waals surface area contributed by atoms with E-state index < -0.39 is 0 Å². The number of nitrogens with zero attached hydrogens (tertiary/aromatic N) is 3.